The molecular formula is C26H32N4O3S. The zero-order valence-corrected chi connectivity index (χ0v) is 20.4. The Hall–Kier alpha value is -2.52. The van der Waals surface area contributed by atoms with Crippen molar-refractivity contribution in [2.24, 2.45) is 7.05 Å². The van der Waals surface area contributed by atoms with Crippen LogP contribution < -0.4 is 4.72 Å². The Balaban J connectivity index is 1.41. The van der Waals surface area contributed by atoms with E-state index >= 15 is 0 Å². The summed E-state index contributed by atoms with van der Waals surface area (Å²) in [5.74, 6) is 0.360. The lowest BCUT2D eigenvalue weighted by Crippen LogP contribution is -2.48. The van der Waals surface area contributed by atoms with Crippen molar-refractivity contribution in [1.29, 1.82) is 0 Å². The second-order valence-corrected chi connectivity index (χ2v) is 11.0. The monoisotopic (exact) mass is 480 g/mol. The van der Waals surface area contributed by atoms with Gasteiger partial charge in [0, 0.05) is 44.8 Å². The normalized spacial score (nSPS) is 21.3. The summed E-state index contributed by atoms with van der Waals surface area (Å²) < 4.78 is 35.2. The molecule has 8 heteroatoms. The summed E-state index contributed by atoms with van der Waals surface area (Å²) in [6, 6.07) is 17.6. The number of benzene rings is 2. The van der Waals surface area contributed by atoms with Gasteiger partial charge in [-0.15, -0.1) is 0 Å². The van der Waals surface area contributed by atoms with E-state index in [4.69, 9.17) is 4.74 Å². The summed E-state index contributed by atoms with van der Waals surface area (Å²) in [5, 5.41) is 3.98. The first-order valence-corrected chi connectivity index (χ1v) is 13.4. The van der Waals surface area contributed by atoms with Crippen molar-refractivity contribution in [2.45, 2.75) is 42.7 Å². The zero-order valence-electron chi connectivity index (χ0n) is 19.6. The lowest BCUT2D eigenvalue weighted by atomic mass is 9.75. The highest BCUT2D eigenvalue weighted by molar-refractivity contribution is 7.89. The molecule has 1 saturated heterocycles. The minimum absolute atomic E-state index is 0.183. The summed E-state index contributed by atoms with van der Waals surface area (Å²) in [5.41, 5.74) is 5.04. The average Bonchev–Trinajstić information content (AvgIpc) is 3.31. The van der Waals surface area contributed by atoms with Crippen molar-refractivity contribution in [3.05, 3.63) is 83.2 Å². The van der Waals surface area contributed by atoms with E-state index in [1.165, 1.54) is 33.8 Å². The van der Waals surface area contributed by atoms with Gasteiger partial charge in [-0.05, 0) is 41.5 Å². The first-order valence-electron chi connectivity index (χ1n) is 12.0. The fourth-order valence-corrected chi connectivity index (χ4v) is 6.30. The summed E-state index contributed by atoms with van der Waals surface area (Å²) in [4.78, 5) is 2.78. The molecule has 0 amide bonds. The second-order valence-electron chi connectivity index (χ2n) is 9.26. The average molecular weight is 481 g/mol. The van der Waals surface area contributed by atoms with Gasteiger partial charge in [0.05, 0.1) is 19.4 Å². The molecule has 2 unspecified atom stereocenters. The van der Waals surface area contributed by atoms with Crippen LogP contribution in [0.5, 0.6) is 0 Å². The van der Waals surface area contributed by atoms with Crippen LogP contribution in [0.25, 0.3) is 0 Å². The number of hydrogen-bond donors (Lipinski definition) is 1. The number of nitrogens with zero attached hydrogens (tertiary/aromatic N) is 3. The van der Waals surface area contributed by atoms with Crippen molar-refractivity contribution >= 4 is 10.0 Å². The van der Waals surface area contributed by atoms with E-state index < -0.39 is 10.0 Å². The number of hydrogen-bond acceptors (Lipinski definition) is 5. The number of rotatable bonds is 7. The Bertz CT molecular complexity index is 1220. The fourth-order valence-electron chi connectivity index (χ4n) is 5.30. The molecule has 7 nitrogen and oxygen atoms in total. The quantitative estimate of drug-likeness (QED) is 0.563. The highest BCUT2D eigenvalue weighted by atomic mass is 32.2. The Labute approximate surface area is 201 Å². The van der Waals surface area contributed by atoms with Gasteiger partial charge in [-0.3, -0.25) is 9.58 Å². The molecule has 1 aliphatic heterocycles. The third kappa shape index (κ3) is 5.10. The standard InChI is InChI=1S/C26H32N4O3S/c1-29-19-23(18-27-29)34(31,32)28-17-21-7-8-22-9-10-26(30-11-13-33-14-12-30)25(24(22)16-21)15-20-5-3-2-4-6-20/h2-8,16,18-19,25-26,28H,9-15,17H2,1H3. The Morgan fingerprint density at radius 2 is 1.88 bits per heavy atom. The van der Waals surface area contributed by atoms with E-state index in [0.717, 1.165) is 51.1 Å². The first kappa shape index (κ1) is 23.2. The van der Waals surface area contributed by atoms with Crippen LogP contribution in [0.1, 0.15) is 34.6 Å². The number of aryl methyl sites for hydroxylation is 2. The van der Waals surface area contributed by atoms with E-state index in [1.807, 2.05) is 0 Å². The van der Waals surface area contributed by atoms with Gasteiger partial charge < -0.3 is 4.74 Å². The molecule has 1 fully saturated rings. The summed E-state index contributed by atoms with van der Waals surface area (Å²) in [6.45, 7) is 3.77. The van der Waals surface area contributed by atoms with Gasteiger partial charge in [0.1, 0.15) is 4.90 Å². The van der Waals surface area contributed by atoms with Crippen LogP contribution in [0.2, 0.25) is 0 Å². The van der Waals surface area contributed by atoms with E-state index in [2.05, 4.69) is 63.3 Å². The number of morpholine rings is 1. The zero-order chi connectivity index (χ0) is 23.5. The van der Waals surface area contributed by atoms with Crippen LogP contribution in [0.15, 0.2) is 65.8 Å². The van der Waals surface area contributed by atoms with Crippen LogP contribution in [0.3, 0.4) is 0 Å². The number of ether oxygens (including phenoxy) is 1. The molecule has 1 aromatic heterocycles. The topological polar surface area (TPSA) is 76.5 Å². The van der Waals surface area contributed by atoms with Gasteiger partial charge in [-0.2, -0.15) is 5.10 Å². The number of nitrogens with one attached hydrogen (secondary N) is 1. The Morgan fingerprint density at radius 3 is 2.62 bits per heavy atom. The molecule has 34 heavy (non-hydrogen) atoms. The SMILES string of the molecule is Cn1cc(S(=O)(=O)NCc2ccc3c(c2)C(Cc2ccccc2)C(N2CCOCC2)CC3)cn1. The molecule has 2 heterocycles. The predicted molar refractivity (Wildman–Crippen MR) is 131 cm³/mol. The van der Waals surface area contributed by atoms with Crippen LogP contribution in [0.4, 0.5) is 0 Å². The highest BCUT2D eigenvalue weighted by Gasteiger charge is 2.34. The van der Waals surface area contributed by atoms with Gasteiger partial charge in [0.15, 0.2) is 0 Å². The number of fused-ring (bicyclic) bond motifs is 1. The third-order valence-electron chi connectivity index (χ3n) is 7.05. The molecule has 0 radical (unpaired) electrons. The molecular weight excluding hydrogens is 448 g/mol. The Kier molecular flexibility index (Phi) is 6.83. The minimum atomic E-state index is -3.60. The molecule has 180 valence electrons. The van der Waals surface area contributed by atoms with E-state index in [1.54, 1.807) is 7.05 Å². The maximum atomic E-state index is 12.7. The molecule has 1 N–H and O–H groups in total. The summed E-state index contributed by atoms with van der Waals surface area (Å²) in [6.07, 6.45) is 6.04. The Morgan fingerprint density at radius 1 is 1.09 bits per heavy atom. The van der Waals surface area contributed by atoms with E-state index in [-0.39, 0.29) is 11.4 Å². The smallest absolute Gasteiger partial charge is 0.243 e. The van der Waals surface area contributed by atoms with Crippen molar-refractivity contribution in [3.8, 4) is 0 Å². The maximum Gasteiger partial charge on any atom is 0.243 e. The lowest BCUT2D eigenvalue weighted by Gasteiger charge is -2.43. The van der Waals surface area contributed by atoms with Crippen molar-refractivity contribution in [1.82, 2.24) is 19.4 Å². The van der Waals surface area contributed by atoms with Crippen LogP contribution in [0, 0.1) is 0 Å². The van der Waals surface area contributed by atoms with Crippen LogP contribution in [-0.4, -0.2) is 55.4 Å². The van der Waals surface area contributed by atoms with Crippen molar-refractivity contribution < 1.29 is 13.2 Å². The summed E-state index contributed by atoms with van der Waals surface area (Å²) >= 11 is 0. The molecule has 2 atom stereocenters. The molecule has 0 bridgehead atoms. The van der Waals surface area contributed by atoms with Gasteiger partial charge in [0.25, 0.3) is 0 Å². The molecule has 3 aromatic rings. The molecule has 2 aliphatic rings. The highest BCUT2D eigenvalue weighted by Crippen LogP contribution is 2.38. The molecule has 2 aromatic carbocycles. The fraction of sp³-hybridized carbons (Fsp3) is 0.423. The van der Waals surface area contributed by atoms with E-state index in [0.29, 0.717) is 12.0 Å². The lowest BCUT2D eigenvalue weighted by molar-refractivity contribution is 0.00683. The van der Waals surface area contributed by atoms with Crippen LogP contribution >= 0.6 is 0 Å². The molecule has 0 spiro atoms. The third-order valence-corrected chi connectivity index (χ3v) is 8.41. The summed E-state index contributed by atoms with van der Waals surface area (Å²) in [7, 11) is -1.90. The van der Waals surface area contributed by atoms with Crippen molar-refractivity contribution in [2.75, 3.05) is 26.3 Å². The van der Waals surface area contributed by atoms with Gasteiger partial charge in [0.2, 0.25) is 10.0 Å². The van der Waals surface area contributed by atoms with Gasteiger partial charge in [-0.25, -0.2) is 13.1 Å². The minimum Gasteiger partial charge on any atom is -0.379 e. The van der Waals surface area contributed by atoms with Gasteiger partial charge >= 0.3 is 0 Å². The number of aromatic nitrogens is 2. The predicted octanol–water partition coefficient (Wildman–Crippen LogP) is 2.87. The first-order chi connectivity index (χ1) is 16.5. The molecule has 1 aliphatic carbocycles. The largest absolute Gasteiger partial charge is 0.379 e. The van der Waals surface area contributed by atoms with E-state index in [9.17, 15) is 8.42 Å². The number of sulfonamides is 1. The van der Waals surface area contributed by atoms with Gasteiger partial charge in [-0.1, -0.05) is 48.5 Å². The maximum absolute atomic E-state index is 12.7. The van der Waals surface area contributed by atoms with Crippen LogP contribution in [-0.2, 0) is 41.2 Å². The van der Waals surface area contributed by atoms with Crippen molar-refractivity contribution in [3.63, 3.8) is 0 Å². The second kappa shape index (κ2) is 10.00. The molecule has 0 saturated carbocycles. The molecule has 5 rings (SSSR count).